The van der Waals surface area contributed by atoms with E-state index in [4.69, 9.17) is 17.3 Å². The Morgan fingerprint density at radius 2 is 2.45 bits per heavy atom. The van der Waals surface area contributed by atoms with Gasteiger partial charge in [0, 0.05) is 10.3 Å². The summed E-state index contributed by atoms with van der Waals surface area (Å²) >= 11 is 7.13. The zero-order valence-corrected chi connectivity index (χ0v) is 7.53. The number of aliphatic hydroxyl groups excluding tert-OH is 1. The van der Waals surface area contributed by atoms with Gasteiger partial charge in [-0.05, 0) is 19.0 Å². The van der Waals surface area contributed by atoms with E-state index >= 15 is 0 Å². The van der Waals surface area contributed by atoms with E-state index in [0.717, 1.165) is 4.88 Å². The Labute approximate surface area is 74.6 Å². The van der Waals surface area contributed by atoms with Gasteiger partial charge in [0.05, 0.1) is 11.1 Å². The predicted octanol–water partition coefficient (Wildman–Crippen LogP) is 1.78. The second-order valence-corrected chi connectivity index (χ2v) is 3.64. The van der Waals surface area contributed by atoms with E-state index in [2.05, 4.69) is 0 Å². The summed E-state index contributed by atoms with van der Waals surface area (Å²) in [7, 11) is 0. The third-order valence-corrected chi connectivity index (χ3v) is 2.74. The monoisotopic (exact) mass is 191 g/mol. The van der Waals surface area contributed by atoms with Crippen molar-refractivity contribution in [1.82, 2.24) is 0 Å². The molecule has 0 aliphatic rings. The van der Waals surface area contributed by atoms with Crippen LogP contribution in [-0.2, 0) is 0 Å². The smallest absolute Gasteiger partial charge is 0.0894 e. The third-order valence-electron chi connectivity index (χ3n) is 1.36. The molecule has 3 N–H and O–H groups in total. The number of nitrogens with two attached hydrogens (primary N) is 1. The Morgan fingerprint density at radius 1 is 1.73 bits per heavy atom. The molecule has 1 unspecified atom stereocenters. The van der Waals surface area contributed by atoms with E-state index in [1.165, 1.54) is 11.3 Å². The summed E-state index contributed by atoms with van der Waals surface area (Å²) in [6.45, 7) is 0.497. The van der Waals surface area contributed by atoms with Crippen LogP contribution in [0.5, 0.6) is 0 Å². The average molecular weight is 192 g/mol. The van der Waals surface area contributed by atoms with E-state index in [0.29, 0.717) is 18.0 Å². The van der Waals surface area contributed by atoms with Crippen molar-refractivity contribution in [1.29, 1.82) is 0 Å². The summed E-state index contributed by atoms with van der Waals surface area (Å²) in [6.07, 6.45) is 0.147. The van der Waals surface area contributed by atoms with Crippen molar-refractivity contribution >= 4 is 22.9 Å². The molecule has 1 aromatic heterocycles. The van der Waals surface area contributed by atoms with Gasteiger partial charge < -0.3 is 10.8 Å². The van der Waals surface area contributed by atoms with Gasteiger partial charge in [-0.15, -0.1) is 11.3 Å². The van der Waals surface area contributed by atoms with Gasteiger partial charge in [-0.2, -0.15) is 0 Å². The third kappa shape index (κ3) is 2.45. The fourth-order valence-corrected chi connectivity index (χ4v) is 1.91. The molecule has 0 aliphatic heterocycles. The first-order valence-electron chi connectivity index (χ1n) is 3.36. The second-order valence-electron chi connectivity index (χ2n) is 2.26. The molecule has 4 heteroatoms. The van der Waals surface area contributed by atoms with Crippen LogP contribution in [0.3, 0.4) is 0 Å². The maximum absolute atomic E-state index is 9.41. The molecular weight excluding hydrogens is 182 g/mol. The van der Waals surface area contributed by atoms with Gasteiger partial charge >= 0.3 is 0 Å². The van der Waals surface area contributed by atoms with Gasteiger partial charge in [-0.3, -0.25) is 0 Å². The van der Waals surface area contributed by atoms with E-state index in [9.17, 15) is 5.11 Å². The number of hydrogen-bond acceptors (Lipinski definition) is 3. The molecule has 0 aliphatic carbocycles. The molecule has 0 saturated carbocycles. The lowest BCUT2D eigenvalue weighted by Crippen LogP contribution is -2.05. The molecule has 1 heterocycles. The predicted molar refractivity (Wildman–Crippen MR) is 48.0 cm³/mol. The van der Waals surface area contributed by atoms with E-state index < -0.39 is 6.10 Å². The van der Waals surface area contributed by atoms with Crippen molar-refractivity contribution < 1.29 is 5.11 Å². The summed E-state index contributed by atoms with van der Waals surface area (Å²) < 4.78 is 0. The van der Waals surface area contributed by atoms with Gasteiger partial charge in [0.15, 0.2) is 0 Å². The number of rotatable bonds is 3. The van der Waals surface area contributed by atoms with Crippen LogP contribution in [0, 0.1) is 0 Å². The molecule has 1 aromatic rings. The number of aliphatic hydroxyl groups is 1. The minimum Gasteiger partial charge on any atom is -0.388 e. The van der Waals surface area contributed by atoms with E-state index in [1.807, 2.05) is 0 Å². The highest BCUT2D eigenvalue weighted by Crippen LogP contribution is 2.26. The highest BCUT2D eigenvalue weighted by molar-refractivity contribution is 7.10. The molecule has 2 nitrogen and oxygen atoms in total. The highest BCUT2D eigenvalue weighted by Gasteiger charge is 2.07. The minimum atomic E-state index is -0.447. The van der Waals surface area contributed by atoms with Crippen LogP contribution in [0.4, 0.5) is 0 Å². The summed E-state index contributed by atoms with van der Waals surface area (Å²) in [5.41, 5.74) is 5.29. The molecule has 1 rings (SSSR count). The molecular formula is C7H10ClNOS. The van der Waals surface area contributed by atoms with Crippen molar-refractivity contribution in [3.05, 3.63) is 21.3 Å². The lowest BCUT2D eigenvalue weighted by molar-refractivity contribution is 0.174. The van der Waals surface area contributed by atoms with Crippen molar-refractivity contribution in [3.63, 3.8) is 0 Å². The van der Waals surface area contributed by atoms with Crippen LogP contribution in [0.2, 0.25) is 5.02 Å². The molecule has 11 heavy (non-hydrogen) atoms. The lowest BCUT2D eigenvalue weighted by Gasteiger charge is -2.04. The quantitative estimate of drug-likeness (QED) is 0.765. The maximum atomic E-state index is 9.41. The topological polar surface area (TPSA) is 46.2 Å². The molecule has 0 fully saturated rings. The van der Waals surface area contributed by atoms with Crippen LogP contribution < -0.4 is 5.73 Å². The first-order valence-corrected chi connectivity index (χ1v) is 4.62. The number of halogens is 1. The molecule has 0 spiro atoms. The fourth-order valence-electron chi connectivity index (χ4n) is 0.803. The summed E-state index contributed by atoms with van der Waals surface area (Å²) in [5, 5.41) is 11.9. The van der Waals surface area contributed by atoms with Gasteiger partial charge in [0.1, 0.15) is 0 Å². The summed E-state index contributed by atoms with van der Waals surface area (Å²) in [4.78, 5) is 0.889. The summed E-state index contributed by atoms with van der Waals surface area (Å²) in [5.74, 6) is 0. The van der Waals surface area contributed by atoms with Crippen LogP contribution in [0.15, 0.2) is 11.4 Å². The van der Waals surface area contributed by atoms with Crippen LogP contribution in [-0.4, -0.2) is 11.7 Å². The molecule has 1 atom stereocenters. The van der Waals surface area contributed by atoms with Gasteiger partial charge in [-0.25, -0.2) is 0 Å². The molecule has 0 radical (unpaired) electrons. The van der Waals surface area contributed by atoms with Crippen LogP contribution in [0.25, 0.3) is 0 Å². The van der Waals surface area contributed by atoms with Gasteiger partial charge in [0.25, 0.3) is 0 Å². The largest absolute Gasteiger partial charge is 0.388 e. The fraction of sp³-hybridized carbons (Fsp3) is 0.429. The van der Waals surface area contributed by atoms with E-state index in [-0.39, 0.29) is 0 Å². The molecule has 0 bridgehead atoms. The summed E-state index contributed by atoms with van der Waals surface area (Å²) in [6, 6.07) is 1.77. The highest BCUT2D eigenvalue weighted by atomic mass is 35.5. The van der Waals surface area contributed by atoms with Crippen molar-refractivity contribution in [2.75, 3.05) is 6.54 Å². The standard InChI is InChI=1S/C7H10ClNOS/c8-5-3-7(11-4-5)6(10)1-2-9/h3-4,6,10H,1-2,9H2. The first-order chi connectivity index (χ1) is 5.24. The van der Waals surface area contributed by atoms with Crippen LogP contribution in [0.1, 0.15) is 17.4 Å². The second kappa shape index (κ2) is 4.07. The number of hydrogen-bond donors (Lipinski definition) is 2. The molecule has 0 saturated heterocycles. The zero-order valence-electron chi connectivity index (χ0n) is 5.96. The lowest BCUT2D eigenvalue weighted by atomic mass is 10.2. The van der Waals surface area contributed by atoms with Crippen molar-refractivity contribution in [2.24, 2.45) is 5.73 Å². The van der Waals surface area contributed by atoms with Gasteiger partial charge in [0.2, 0.25) is 0 Å². The Kier molecular flexibility index (Phi) is 3.33. The minimum absolute atomic E-state index is 0.447. The van der Waals surface area contributed by atoms with Crippen LogP contribution >= 0.6 is 22.9 Å². The Balaban J connectivity index is 2.60. The molecule has 62 valence electrons. The Hall–Kier alpha value is -0.0900. The normalized spacial score (nSPS) is 13.4. The number of thiophene rings is 1. The Bertz CT molecular complexity index is 226. The first kappa shape index (κ1) is 9.00. The average Bonchev–Trinajstić information content (AvgIpc) is 2.36. The van der Waals surface area contributed by atoms with E-state index in [1.54, 1.807) is 11.4 Å². The zero-order chi connectivity index (χ0) is 8.27. The van der Waals surface area contributed by atoms with Crippen molar-refractivity contribution in [2.45, 2.75) is 12.5 Å². The Morgan fingerprint density at radius 3 is 2.91 bits per heavy atom. The maximum Gasteiger partial charge on any atom is 0.0894 e. The van der Waals surface area contributed by atoms with Gasteiger partial charge in [-0.1, -0.05) is 11.6 Å². The molecule has 0 amide bonds. The van der Waals surface area contributed by atoms with Crippen molar-refractivity contribution in [3.8, 4) is 0 Å². The SMILES string of the molecule is NCCC(O)c1cc(Cl)cs1. The molecule has 0 aromatic carbocycles.